The Morgan fingerprint density at radius 2 is 1.67 bits per heavy atom. The number of benzene rings is 3. The number of allylic oxidation sites excluding steroid dienone is 1. The largest absolute Gasteiger partial charge is 0.497 e. The molecule has 7 nitrogen and oxygen atoms in total. The van der Waals surface area contributed by atoms with Crippen LogP contribution in [-0.4, -0.2) is 23.3 Å². The minimum Gasteiger partial charge on any atom is -0.497 e. The molecule has 1 atom stereocenters. The number of aromatic nitrogens is 2. The van der Waals surface area contributed by atoms with Crippen LogP contribution in [0, 0.1) is 6.92 Å². The smallest absolute Gasteiger partial charge is 0.326 e. The number of nitrogens with one attached hydrogen (secondary N) is 1. The van der Waals surface area contributed by atoms with E-state index in [1.54, 1.807) is 12.0 Å². The zero-order chi connectivity index (χ0) is 25.2. The molecule has 36 heavy (non-hydrogen) atoms. The van der Waals surface area contributed by atoms with Crippen LogP contribution >= 0.6 is 0 Å². The molecule has 1 N–H and O–H groups in total. The highest BCUT2D eigenvalue weighted by molar-refractivity contribution is 6.01. The molecule has 0 spiro atoms. The predicted octanol–water partition coefficient (Wildman–Crippen LogP) is 6.32. The number of carbonyl (C=O) groups excluding carboxylic acids is 1. The number of aryl methyl sites for hydroxylation is 2. The number of methoxy groups -OCH3 is 1. The molecule has 0 saturated heterocycles. The first-order chi connectivity index (χ1) is 17.5. The third-order valence-electron chi connectivity index (χ3n) is 6.50. The van der Waals surface area contributed by atoms with E-state index >= 15 is 0 Å². The summed E-state index contributed by atoms with van der Waals surface area (Å²) < 4.78 is 11.0. The van der Waals surface area contributed by atoms with Crippen molar-refractivity contribution >= 4 is 17.3 Å². The molecule has 1 aliphatic rings. The van der Waals surface area contributed by atoms with Crippen LogP contribution in [0.2, 0.25) is 0 Å². The molecule has 4 aromatic rings. The third kappa shape index (κ3) is 4.35. The molecule has 2 heterocycles. The number of rotatable bonds is 6. The molecule has 1 unspecified atom stereocenters. The number of anilines is 1. The fourth-order valence-electron chi connectivity index (χ4n) is 4.41. The Balaban J connectivity index is 1.62. The number of carbonyl (C=O) groups is 1. The summed E-state index contributed by atoms with van der Waals surface area (Å²) in [6.07, 6.45) is 0.940. The lowest BCUT2D eigenvalue weighted by atomic mass is 9.93. The molecule has 5 rings (SSSR count). The second-order valence-corrected chi connectivity index (χ2v) is 8.80. The lowest BCUT2D eigenvalue weighted by molar-refractivity contribution is 0.244. The summed E-state index contributed by atoms with van der Waals surface area (Å²) in [5, 5.41) is 7.40. The van der Waals surface area contributed by atoms with Gasteiger partial charge < -0.3 is 14.6 Å². The Kier molecular flexibility index (Phi) is 6.29. The third-order valence-corrected chi connectivity index (χ3v) is 6.50. The summed E-state index contributed by atoms with van der Waals surface area (Å²) in [5.41, 5.74) is 6.36. The second kappa shape index (κ2) is 9.70. The van der Waals surface area contributed by atoms with E-state index in [2.05, 4.69) is 29.5 Å². The van der Waals surface area contributed by atoms with Gasteiger partial charge in [0.1, 0.15) is 5.75 Å². The van der Waals surface area contributed by atoms with Gasteiger partial charge in [0.05, 0.1) is 24.4 Å². The van der Waals surface area contributed by atoms with E-state index in [-0.39, 0.29) is 6.03 Å². The molecular weight excluding hydrogens is 452 g/mol. The molecule has 0 radical (unpaired) electrons. The van der Waals surface area contributed by atoms with Gasteiger partial charge in [0, 0.05) is 11.3 Å². The summed E-state index contributed by atoms with van der Waals surface area (Å²) in [5.74, 6) is 1.58. The van der Waals surface area contributed by atoms with E-state index in [9.17, 15) is 4.79 Å². The first-order valence-corrected chi connectivity index (χ1v) is 11.9. The number of hydrogen-bond acceptors (Lipinski definition) is 5. The van der Waals surface area contributed by atoms with E-state index in [0.717, 1.165) is 45.8 Å². The van der Waals surface area contributed by atoms with Crippen molar-refractivity contribution in [2.75, 3.05) is 12.0 Å². The van der Waals surface area contributed by atoms with Gasteiger partial charge in [0.15, 0.2) is 0 Å². The molecule has 0 fully saturated rings. The fraction of sp³-hybridized carbons (Fsp3) is 0.207. The van der Waals surface area contributed by atoms with Gasteiger partial charge in [0.25, 0.3) is 5.89 Å². The van der Waals surface area contributed by atoms with Gasteiger partial charge in [-0.05, 0) is 67.8 Å². The van der Waals surface area contributed by atoms with Crippen molar-refractivity contribution in [2.45, 2.75) is 33.2 Å². The number of hydrogen-bond donors (Lipinski definition) is 1. The lowest BCUT2D eigenvalue weighted by Crippen LogP contribution is -2.46. The van der Waals surface area contributed by atoms with Crippen LogP contribution < -0.4 is 15.0 Å². The van der Waals surface area contributed by atoms with E-state index in [1.165, 1.54) is 5.56 Å². The van der Waals surface area contributed by atoms with Crippen molar-refractivity contribution in [3.05, 3.63) is 101 Å². The Hall–Kier alpha value is -4.39. The summed E-state index contributed by atoms with van der Waals surface area (Å²) in [6.45, 7) is 6.05. The molecule has 3 aromatic carbocycles. The van der Waals surface area contributed by atoms with Crippen molar-refractivity contribution in [3.63, 3.8) is 0 Å². The van der Waals surface area contributed by atoms with E-state index in [0.29, 0.717) is 11.7 Å². The molecule has 0 aliphatic carbocycles. The Morgan fingerprint density at radius 3 is 2.31 bits per heavy atom. The maximum Gasteiger partial charge on any atom is 0.326 e. The van der Waals surface area contributed by atoms with Gasteiger partial charge in [-0.1, -0.05) is 54.0 Å². The molecule has 1 aliphatic heterocycles. The topological polar surface area (TPSA) is 80.5 Å². The SMILES string of the molecule is CCc1ccc(C2NC(=O)N(c3ccc(C)cc3)C(C)=C2c2nc(-c3ccc(OC)cc3)no2)cc1. The first kappa shape index (κ1) is 23.4. The Bertz CT molecular complexity index is 1400. The van der Waals surface area contributed by atoms with E-state index < -0.39 is 6.04 Å². The second-order valence-electron chi connectivity index (χ2n) is 8.80. The molecule has 182 valence electrons. The van der Waals surface area contributed by atoms with Gasteiger partial charge in [0.2, 0.25) is 5.82 Å². The molecular formula is C29H28N4O3. The maximum atomic E-state index is 13.4. The lowest BCUT2D eigenvalue weighted by Gasteiger charge is -2.35. The molecule has 2 amide bonds. The highest BCUT2D eigenvalue weighted by Crippen LogP contribution is 2.39. The normalized spacial score (nSPS) is 15.7. The van der Waals surface area contributed by atoms with E-state index in [1.807, 2.05) is 74.5 Å². The number of ether oxygens (including phenoxy) is 1. The zero-order valence-corrected chi connectivity index (χ0v) is 20.8. The van der Waals surface area contributed by atoms with Crippen molar-refractivity contribution in [1.82, 2.24) is 15.5 Å². The summed E-state index contributed by atoms with van der Waals surface area (Å²) in [7, 11) is 1.63. The van der Waals surface area contributed by atoms with Crippen LogP contribution in [0.15, 0.2) is 83.0 Å². The van der Waals surface area contributed by atoms with Crippen molar-refractivity contribution in [3.8, 4) is 17.1 Å². The van der Waals surface area contributed by atoms with Crippen molar-refractivity contribution < 1.29 is 14.1 Å². The molecule has 1 aromatic heterocycles. The predicted molar refractivity (Wildman–Crippen MR) is 140 cm³/mol. The molecule has 0 bridgehead atoms. The minimum atomic E-state index is -0.436. The number of urea groups is 1. The van der Waals surface area contributed by atoms with Crippen LogP contribution in [0.3, 0.4) is 0 Å². The summed E-state index contributed by atoms with van der Waals surface area (Å²) in [4.78, 5) is 19.8. The van der Waals surface area contributed by atoms with Gasteiger partial charge in [-0.25, -0.2) is 4.79 Å². The molecule has 7 heteroatoms. The quantitative estimate of drug-likeness (QED) is 0.349. The monoisotopic (exact) mass is 480 g/mol. The van der Waals surface area contributed by atoms with Crippen molar-refractivity contribution in [2.24, 2.45) is 0 Å². The summed E-state index contributed by atoms with van der Waals surface area (Å²) in [6, 6.07) is 22.9. The number of nitrogens with zero attached hydrogens (tertiary/aromatic N) is 3. The first-order valence-electron chi connectivity index (χ1n) is 11.9. The Labute approximate surface area is 210 Å². The van der Waals surface area contributed by atoms with Gasteiger partial charge in [-0.3, -0.25) is 4.90 Å². The zero-order valence-electron chi connectivity index (χ0n) is 20.8. The minimum absolute atomic E-state index is 0.209. The van der Waals surface area contributed by atoms with E-state index in [4.69, 9.17) is 14.2 Å². The average molecular weight is 481 g/mol. The fourth-order valence-corrected chi connectivity index (χ4v) is 4.41. The van der Waals surface area contributed by atoms with Gasteiger partial charge in [-0.15, -0.1) is 0 Å². The van der Waals surface area contributed by atoms with Crippen LogP contribution in [-0.2, 0) is 6.42 Å². The highest BCUT2D eigenvalue weighted by Gasteiger charge is 2.36. The highest BCUT2D eigenvalue weighted by atomic mass is 16.5. The van der Waals surface area contributed by atoms with Crippen LogP contribution in [0.4, 0.5) is 10.5 Å². The van der Waals surface area contributed by atoms with Gasteiger partial charge in [-0.2, -0.15) is 4.98 Å². The standard InChI is InChI=1S/C29H28N4O3/c1-5-20-8-10-21(11-9-20)26-25(19(3)33(29(34)30-26)23-14-6-18(2)7-15-23)28-31-27(32-36-28)22-12-16-24(35-4)17-13-22/h6-17,26H,5H2,1-4H3,(H,30,34). The number of amides is 2. The maximum absolute atomic E-state index is 13.4. The van der Waals surface area contributed by atoms with Crippen molar-refractivity contribution in [1.29, 1.82) is 0 Å². The molecule has 0 saturated carbocycles. The van der Waals surface area contributed by atoms with Crippen LogP contribution in [0.5, 0.6) is 5.75 Å². The average Bonchev–Trinajstić information content (AvgIpc) is 3.39. The van der Waals surface area contributed by atoms with Crippen LogP contribution in [0.25, 0.3) is 17.0 Å². The Morgan fingerprint density at radius 1 is 0.972 bits per heavy atom. The summed E-state index contributed by atoms with van der Waals surface area (Å²) >= 11 is 0. The van der Waals surface area contributed by atoms with Crippen LogP contribution in [0.1, 0.15) is 42.5 Å². The van der Waals surface area contributed by atoms with Gasteiger partial charge >= 0.3 is 6.03 Å².